The van der Waals surface area contributed by atoms with Crippen molar-refractivity contribution in [1.29, 1.82) is 0 Å². The van der Waals surface area contributed by atoms with Crippen LogP contribution >= 0.6 is 0 Å². The largest absolute Gasteiger partial charge is 0.490 e. The van der Waals surface area contributed by atoms with Crippen molar-refractivity contribution in [2.24, 2.45) is 28.6 Å². The van der Waals surface area contributed by atoms with Crippen LogP contribution in [0.4, 0.5) is 13.2 Å². The molecule has 0 bridgehead atoms. The number of alkyl halides is 3. The monoisotopic (exact) mass is 384 g/mol. The van der Waals surface area contributed by atoms with Crippen LogP contribution in [0.1, 0.15) is 65.2 Å². The van der Waals surface area contributed by atoms with Gasteiger partial charge >= 0.3 is 12.1 Å². The summed E-state index contributed by atoms with van der Waals surface area (Å²) in [6.45, 7) is 4.37. The van der Waals surface area contributed by atoms with Crippen LogP contribution in [0.2, 0.25) is 0 Å². The summed E-state index contributed by atoms with van der Waals surface area (Å²) in [6, 6.07) is 0. The van der Waals surface area contributed by atoms with Gasteiger partial charge < -0.3 is 4.74 Å². The van der Waals surface area contributed by atoms with Gasteiger partial charge in [0.2, 0.25) is 0 Å². The number of hydrogen-bond donors (Lipinski definition) is 0. The van der Waals surface area contributed by atoms with Gasteiger partial charge in [-0.05, 0) is 61.7 Å². The van der Waals surface area contributed by atoms with Gasteiger partial charge in [-0.25, -0.2) is 4.79 Å². The lowest BCUT2D eigenvalue weighted by Gasteiger charge is -2.56. The van der Waals surface area contributed by atoms with Gasteiger partial charge in [-0.1, -0.05) is 25.5 Å². The molecule has 0 aromatic heterocycles. The molecule has 3 fully saturated rings. The average Bonchev–Trinajstić information content (AvgIpc) is 2.89. The molecule has 0 radical (unpaired) electrons. The van der Waals surface area contributed by atoms with E-state index in [1.54, 1.807) is 0 Å². The molecular formula is C21H27F3O3. The number of esters is 1. The Hall–Kier alpha value is -1.33. The number of ketones is 1. The molecule has 3 saturated carbocycles. The van der Waals surface area contributed by atoms with Gasteiger partial charge in [0.1, 0.15) is 11.9 Å². The third kappa shape index (κ3) is 2.85. The van der Waals surface area contributed by atoms with Gasteiger partial charge in [-0.2, -0.15) is 13.2 Å². The van der Waals surface area contributed by atoms with E-state index in [9.17, 15) is 22.8 Å². The summed E-state index contributed by atoms with van der Waals surface area (Å²) in [4.78, 5) is 23.6. The number of carbonyl (C=O) groups excluding carboxylic acids is 2. The van der Waals surface area contributed by atoms with Crippen LogP contribution in [0.25, 0.3) is 0 Å². The highest BCUT2D eigenvalue weighted by Crippen LogP contribution is 2.64. The normalized spacial score (nSPS) is 44.0. The van der Waals surface area contributed by atoms with Gasteiger partial charge in [0, 0.05) is 18.3 Å². The maximum atomic E-state index is 12.5. The second-order valence-corrected chi connectivity index (χ2v) is 9.45. The van der Waals surface area contributed by atoms with Crippen molar-refractivity contribution in [2.75, 3.05) is 0 Å². The van der Waals surface area contributed by atoms with Gasteiger partial charge in [0.15, 0.2) is 0 Å². The molecular weight excluding hydrogens is 357 g/mol. The molecule has 6 atom stereocenters. The predicted molar refractivity (Wildman–Crippen MR) is 92.6 cm³/mol. The first-order valence-corrected chi connectivity index (χ1v) is 10.1. The van der Waals surface area contributed by atoms with Crippen molar-refractivity contribution in [3.05, 3.63) is 11.6 Å². The fourth-order valence-electron chi connectivity index (χ4n) is 6.72. The molecule has 6 unspecified atom stereocenters. The van der Waals surface area contributed by atoms with E-state index >= 15 is 0 Å². The summed E-state index contributed by atoms with van der Waals surface area (Å²) in [5.41, 5.74) is 0.933. The lowest BCUT2D eigenvalue weighted by molar-refractivity contribution is -0.206. The van der Waals surface area contributed by atoms with E-state index in [-0.39, 0.29) is 10.8 Å². The summed E-state index contributed by atoms with van der Waals surface area (Å²) >= 11 is 0. The Balaban J connectivity index is 1.53. The number of fused-ring (bicyclic) bond motifs is 5. The Morgan fingerprint density at radius 2 is 1.78 bits per heavy atom. The Bertz CT molecular complexity index is 697. The number of Topliss-reactive ketones (excluding diaryl/α,β-unsaturated/α-hetero) is 1. The van der Waals surface area contributed by atoms with Gasteiger partial charge in [-0.3, -0.25) is 4.79 Å². The van der Waals surface area contributed by atoms with Crippen LogP contribution < -0.4 is 0 Å². The molecule has 0 aliphatic heterocycles. The first-order chi connectivity index (χ1) is 12.6. The lowest BCUT2D eigenvalue weighted by Crippen LogP contribution is -2.50. The summed E-state index contributed by atoms with van der Waals surface area (Å²) in [5, 5.41) is 0. The van der Waals surface area contributed by atoms with Crippen molar-refractivity contribution in [1.82, 2.24) is 0 Å². The fourth-order valence-corrected chi connectivity index (χ4v) is 6.72. The second-order valence-electron chi connectivity index (χ2n) is 9.45. The average molecular weight is 384 g/mol. The molecule has 4 aliphatic carbocycles. The van der Waals surface area contributed by atoms with Crippen LogP contribution in [0.15, 0.2) is 11.6 Å². The number of hydrogen-bond acceptors (Lipinski definition) is 3. The third-order valence-corrected chi connectivity index (χ3v) is 8.27. The molecule has 27 heavy (non-hydrogen) atoms. The van der Waals surface area contributed by atoms with E-state index in [2.05, 4.69) is 19.9 Å². The number of ether oxygens (including phenoxy) is 1. The second kappa shape index (κ2) is 6.08. The van der Waals surface area contributed by atoms with E-state index in [4.69, 9.17) is 4.74 Å². The molecule has 4 aliphatic rings. The summed E-state index contributed by atoms with van der Waals surface area (Å²) < 4.78 is 42.3. The third-order valence-electron chi connectivity index (χ3n) is 8.27. The molecule has 150 valence electrons. The fraction of sp³-hybridized carbons (Fsp3) is 0.810. The van der Waals surface area contributed by atoms with Crippen LogP contribution in [-0.4, -0.2) is 24.0 Å². The minimum Gasteiger partial charge on any atom is -0.455 e. The molecule has 0 amide bonds. The van der Waals surface area contributed by atoms with Crippen LogP contribution in [0.5, 0.6) is 0 Å². The van der Waals surface area contributed by atoms with E-state index in [0.29, 0.717) is 42.8 Å². The Morgan fingerprint density at radius 3 is 2.48 bits per heavy atom. The zero-order valence-corrected chi connectivity index (χ0v) is 15.9. The molecule has 6 heteroatoms. The van der Waals surface area contributed by atoms with Crippen molar-refractivity contribution in [2.45, 2.75) is 77.5 Å². The van der Waals surface area contributed by atoms with E-state index in [0.717, 1.165) is 37.7 Å². The Morgan fingerprint density at radius 1 is 1.11 bits per heavy atom. The lowest BCUT2D eigenvalue weighted by atomic mass is 9.48. The van der Waals surface area contributed by atoms with Crippen LogP contribution in [0.3, 0.4) is 0 Å². The van der Waals surface area contributed by atoms with E-state index in [1.807, 2.05) is 0 Å². The summed E-state index contributed by atoms with van der Waals surface area (Å²) in [7, 11) is 0. The van der Waals surface area contributed by atoms with Crippen molar-refractivity contribution >= 4 is 11.8 Å². The van der Waals surface area contributed by atoms with Crippen LogP contribution in [0, 0.1) is 28.6 Å². The first-order valence-electron chi connectivity index (χ1n) is 10.1. The first kappa shape index (κ1) is 19.0. The van der Waals surface area contributed by atoms with Gasteiger partial charge in [0.25, 0.3) is 0 Å². The van der Waals surface area contributed by atoms with Crippen LogP contribution in [-0.2, 0) is 14.3 Å². The molecule has 0 N–H and O–H groups in total. The molecule has 0 spiro atoms. The van der Waals surface area contributed by atoms with Crippen molar-refractivity contribution < 1.29 is 27.5 Å². The zero-order valence-electron chi connectivity index (χ0n) is 15.9. The minimum atomic E-state index is -4.93. The Kier molecular flexibility index (Phi) is 4.28. The number of carbonyl (C=O) groups is 2. The molecule has 0 saturated heterocycles. The highest BCUT2D eigenvalue weighted by molar-refractivity contribution is 5.87. The molecule has 0 heterocycles. The highest BCUT2D eigenvalue weighted by Gasteiger charge is 2.58. The molecule has 0 aromatic rings. The standard InChI is InChI=1S/C21H27F3O3/c1-19-9-7-13(27-18(26)21(22,23)24)11-12(19)3-4-14-15-5-6-17(25)20(15,2)10-8-16(14)19/h3,13-16H,4-11H2,1-2H3. The summed E-state index contributed by atoms with van der Waals surface area (Å²) in [6.07, 6.45) is 2.67. The minimum absolute atomic E-state index is 0.0446. The maximum absolute atomic E-state index is 12.5. The van der Waals surface area contributed by atoms with Crippen molar-refractivity contribution in [3.8, 4) is 0 Å². The number of allylic oxidation sites excluding steroid dienone is 1. The van der Waals surface area contributed by atoms with Crippen molar-refractivity contribution in [3.63, 3.8) is 0 Å². The molecule has 3 nitrogen and oxygen atoms in total. The summed E-state index contributed by atoms with van der Waals surface area (Å²) in [5.74, 6) is -0.282. The van der Waals surface area contributed by atoms with Gasteiger partial charge in [-0.15, -0.1) is 0 Å². The maximum Gasteiger partial charge on any atom is 0.490 e. The number of halogens is 3. The Labute approximate surface area is 157 Å². The zero-order chi connectivity index (χ0) is 19.6. The number of rotatable bonds is 1. The SMILES string of the molecule is CC12CCC3C(CC=C4CC(OC(=O)C(F)(F)F)CCC43C)C1CCC2=O. The van der Waals surface area contributed by atoms with E-state index < -0.39 is 18.2 Å². The quantitative estimate of drug-likeness (QED) is 0.472. The predicted octanol–water partition coefficient (Wildman–Crippen LogP) is 4.99. The highest BCUT2D eigenvalue weighted by atomic mass is 19.4. The molecule has 4 rings (SSSR count). The van der Waals surface area contributed by atoms with E-state index in [1.165, 1.54) is 0 Å². The molecule has 0 aromatic carbocycles. The topological polar surface area (TPSA) is 43.4 Å². The van der Waals surface area contributed by atoms with Gasteiger partial charge in [0.05, 0.1) is 0 Å². The smallest absolute Gasteiger partial charge is 0.455 e.